The van der Waals surface area contributed by atoms with Crippen molar-refractivity contribution >= 4 is 91.1 Å². The van der Waals surface area contributed by atoms with E-state index in [-0.39, 0.29) is 0 Å². The van der Waals surface area contributed by atoms with Gasteiger partial charge in [-0.25, -0.2) is 0 Å². The van der Waals surface area contributed by atoms with Gasteiger partial charge in [0.1, 0.15) is 0 Å². The fourth-order valence-electron chi connectivity index (χ4n) is 10.2. The van der Waals surface area contributed by atoms with E-state index < -0.39 is 0 Å². The second-order valence-electron chi connectivity index (χ2n) is 19.8. The lowest BCUT2D eigenvalue weighted by atomic mass is 10.1. The summed E-state index contributed by atoms with van der Waals surface area (Å²) in [5, 5.41) is 25.1. The fourth-order valence-corrected chi connectivity index (χ4v) is 10.2. The van der Waals surface area contributed by atoms with Crippen molar-refractivity contribution in [3.8, 4) is 0 Å². The van der Waals surface area contributed by atoms with Gasteiger partial charge in [-0.15, -0.1) is 0 Å². The van der Waals surface area contributed by atoms with Crippen molar-refractivity contribution in [3.63, 3.8) is 0 Å². The van der Waals surface area contributed by atoms with Gasteiger partial charge in [-0.2, -0.15) is 15.3 Å². The van der Waals surface area contributed by atoms with Crippen molar-refractivity contribution in [1.82, 2.24) is 9.13 Å². The Balaban J connectivity index is 0.769. The van der Waals surface area contributed by atoms with Crippen molar-refractivity contribution in [1.29, 1.82) is 0 Å². The van der Waals surface area contributed by atoms with Crippen LogP contribution in [0.4, 0.5) is 22.7 Å². The van der Waals surface area contributed by atoms with Crippen LogP contribution in [0.2, 0.25) is 0 Å². The molecule has 0 fully saturated rings. The topological polar surface area (TPSA) is 59.9 Å². The molecule has 0 bridgehead atoms. The van der Waals surface area contributed by atoms with Crippen LogP contribution in [0.15, 0.2) is 216 Å². The third-order valence-corrected chi connectivity index (χ3v) is 14.5. The lowest BCUT2D eigenvalue weighted by Crippen LogP contribution is -2.08. The Morgan fingerprint density at radius 2 is 0.618 bits per heavy atom. The Hall–Kier alpha value is -8.69. The molecule has 0 atom stereocenters. The summed E-state index contributed by atoms with van der Waals surface area (Å²) in [6.45, 7) is 1.97. The third-order valence-electron chi connectivity index (χ3n) is 14.5. The first-order valence-corrected chi connectivity index (χ1v) is 26.9. The van der Waals surface area contributed by atoms with Gasteiger partial charge in [0.25, 0.3) is 0 Å². The summed E-state index contributed by atoms with van der Waals surface area (Å²) in [7, 11) is 8.07. The Labute approximate surface area is 448 Å². The number of unbranched alkanes of at least 4 members (excludes halogenated alkanes) is 7. The van der Waals surface area contributed by atoms with Crippen molar-refractivity contribution < 1.29 is 0 Å². The highest BCUT2D eigenvalue weighted by molar-refractivity contribution is 6.12. The van der Waals surface area contributed by atoms with Gasteiger partial charge < -0.3 is 14.0 Å². The molecule has 8 aromatic carbocycles. The minimum atomic E-state index is 0.981. The molecule has 382 valence electrons. The van der Waals surface area contributed by atoms with Gasteiger partial charge in [0.2, 0.25) is 0 Å². The van der Waals surface area contributed by atoms with Crippen LogP contribution in [0.25, 0.3) is 49.7 Å². The van der Waals surface area contributed by atoms with Crippen LogP contribution >= 0.6 is 0 Å². The van der Waals surface area contributed by atoms with E-state index in [2.05, 4.69) is 173 Å². The zero-order chi connectivity index (χ0) is 52.1. The maximum absolute atomic E-state index is 4.80. The van der Waals surface area contributed by atoms with Gasteiger partial charge in [0.15, 0.2) is 0 Å². The van der Waals surface area contributed by atoms with Gasteiger partial charge in [0, 0.05) is 96.8 Å². The van der Waals surface area contributed by atoms with E-state index in [1.165, 1.54) is 87.7 Å². The van der Waals surface area contributed by atoms with Gasteiger partial charge in [-0.3, -0.25) is 15.0 Å². The Morgan fingerprint density at radius 1 is 0.329 bits per heavy atom. The van der Waals surface area contributed by atoms with Crippen LogP contribution in [-0.2, 0) is 13.1 Å². The molecule has 0 aliphatic carbocycles. The maximum atomic E-state index is 4.80. The molecule has 2 aromatic heterocycles. The molecule has 0 aliphatic rings. The molecule has 0 saturated heterocycles. The third kappa shape index (κ3) is 12.3. The molecule has 0 spiro atoms. The minimum Gasteiger partial charge on any atom is -0.351 e. The van der Waals surface area contributed by atoms with Crippen molar-refractivity contribution in [3.05, 3.63) is 223 Å². The number of hydrogen-bond acceptors (Lipinski definition) is 7. The van der Waals surface area contributed by atoms with Gasteiger partial charge in [-0.1, -0.05) is 136 Å². The van der Waals surface area contributed by atoms with Crippen LogP contribution < -0.4 is 19.9 Å². The molecule has 10 rings (SSSR count). The molecule has 2 heterocycles. The van der Waals surface area contributed by atoms with E-state index in [0.29, 0.717) is 0 Å². The SMILES string of the molecule is CN(C=Cc1ccc2c(c1)c1cc(C=NN(C)c3ccccc3)ccc1n2CCCCCCCCCCn1c2ccc(C=NN(C)c3ccccc3)cc2c2cc(C=NN(C)c3ccccc3)ccc21)c1ccccc1. The zero-order valence-electron chi connectivity index (χ0n) is 44.5. The number of aromatic nitrogens is 2. The number of hydrazone groups is 3. The highest BCUT2D eigenvalue weighted by atomic mass is 15.4. The summed E-state index contributed by atoms with van der Waals surface area (Å²) >= 11 is 0. The predicted octanol–water partition coefficient (Wildman–Crippen LogP) is 16.2. The molecule has 0 amide bonds. The standard InChI is InChI=1S/C67H69N9/c1-71(56-25-15-11-16-26-56)44-41-52-33-37-64-60(45-52)61-46-53(49-68-72(2)57-27-17-12-18-28-57)34-38-65(61)75(64)42-23-9-7-5-6-8-10-24-43-76-66-39-35-54(50-69-73(3)58-29-19-13-20-30-58)47-62(66)63-48-55(36-40-67(63)76)51-70-74(4)59-31-21-14-22-32-59/h11-22,25-41,44-51H,5-10,23-24,42-43H2,1-4H3. The van der Waals surface area contributed by atoms with Crippen LogP contribution in [0.5, 0.6) is 0 Å². The van der Waals surface area contributed by atoms with E-state index in [4.69, 9.17) is 15.3 Å². The van der Waals surface area contributed by atoms with Crippen LogP contribution in [0.1, 0.15) is 73.6 Å². The van der Waals surface area contributed by atoms with E-state index in [1.54, 1.807) is 0 Å². The highest BCUT2D eigenvalue weighted by Crippen LogP contribution is 2.33. The summed E-state index contributed by atoms with van der Waals surface area (Å²) in [6, 6.07) is 68.5. The number of aryl methyl sites for hydroxylation is 2. The molecular weight excluding hydrogens is 931 g/mol. The van der Waals surface area contributed by atoms with Crippen molar-refractivity contribution in [2.45, 2.75) is 64.5 Å². The number of rotatable bonds is 23. The lowest BCUT2D eigenvalue weighted by Gasteiger charge is -2.13. The van der Waals surface area contributed by atoms with Gasteiger partial charge >= 0.3 is 0 Å². The number of nitrogens with zero attached hydrogens (tertiary/aromatic N) is 9. The number of benzene rings is 8. The average Bonchev–Trinajstić information content (AvgIpc) is 4.03. The molecule has 0 N–H and O–H groups in total. The Kier molecular flexibility index (Phi) is 16.4. The normalized spacial score (nSPS) is 12.0. The smallest absolute Gasteiger partial charge is 0.0590 e. The van der Waals surface area contributed by atoms with Gasteiger partial charge in [0.05, 0.1) is 35.7 Å². The summed E-state index contributed by atoms with van der Waals surface area (Å²) < 4.78 is 5.06. The largest absolute Gasteiger partial charge is 0.351 e. The summed E-state index contributed by atoms with van der Waals surface area (Å²) in [5.74, 6) is 0. The highest BCUT2D eigenvalue weighted by Gasteiger charge is 2.14. The number of fused-ring (bicyclic) bond motifs is 6. The maximum Gasteiger partial charge on any atom is 0.0590 e. The lowest BCUT2D eigenvalue weighted by molar-refractivity contribution is 0.536. The van der Waals surface area contributed by atoms with E-state index in [1.807, 2.05) is 109 Å². The molecule has 10 aromatic rings. The second-order valence-corrected chi connectivity index (χ2v) is 19.8. The Morgan fingerprint density at radius 3 is 0.961 bits per heavy atom. The molecule has 0 saturated carbocycles. The molecule has 0 aliphatic heterocycles. The fraction of sp³-hybridized carbons (Fsp3) is 0.209. The summed E-state index contributed by atoms with van der Waals surface area (Å²) in [6.07, 6.45) is 20.0. The quantitative estimate of drug-likeness (QED) is 0.0364. The van der Waals surface area contributed by atoms with E-state index in [9.17, 15) is 0 Å². The zero-order valence-corrected chi connectivity index (χ0v) is 44.5. The van der Waals surface area contributed by atoms with Crippen molar-refractivity contribution in [2.75, 3.05) is 48.1 Å². The molecular formula is C67H69N9. The van der Waals surface area contributed by atoms with Crippen LogP contribution in [0, 0.1) is 0 Å². The van der Waals surface area contributed by atoms with Gasteiger partial charge in [-0.05, 0) is 138 Å². The predicted molar refractivity (Wildman–Crippen MR) is 327 cm³/mol. The molecule has 76 heavy (non-hydrogen) atoms. The second kappa shape index (κ2) is 24.6. The minimum absolute atomic E-state index is 0.981. The van der Waals surface area contributed by atoms with E-state index >= 15 is 0 Å². The number of hydrogen-bond donors (Lipinski definition) is 0. The van der Waals surface area contributed by atoms with E-state index in [0.717, 1.165) is 65.4 Å². The first-order chi connectivity index (χ1) is 37.4. The first-order valence-electron chi connectivity index (χ1n) is 26.9. The number of anilines is 4. The molecule has 9 heteroatoms. The number of para-hydroxylation sites is 4. The molecule has 0 unspecified atom stereocenters. The summed E-state index contributed by atoms with van der Waals surface area (Å²) in [5.41, 5.74) is 13.8. The van der Waals surface area contributed by atoms with Crippen molar-refractivity contribution in [2.24, 2.45) is 15.3 Å². The monoisotopic (exact) mass is 1000 g/mol. The first kappa shape index (κ1) is 50.8. The molecule has 0 radical (unpaired) electrons. The average molecular weight is 1000 g/mol. The molecule has 9 nitrogen and oxygen atoms in total. The Bertz CT molecular complexity index is 3150. The van der Waals surface area contributed by atoms with Crippen LogP contribution in [0.3, 0.4) is 0 Å². The van der Waals surface area contributed by atoms with Crippen LogP contribution in [-0.4, -0.2) is 56.0 Å². The summed E-state index contributed by atoms with van der Waals surface area (Å²) in [4.78, 5) is 2.16.